The maximum absolute atomic E-state index is 13.3. The molecule has 39 heavy (non-hydrogen) atoms. The van der Waals surface area contributed by atoms with Crippen LogP contribution in [-0.4, -0.2) is 53.9 Å². The van der Waals surface area contributed by atoms with E-state index in [0.29, 0.717) is 17.7 Å². The molecule has 0 aromatic heterocycles. The molecule has 0 spiro atoms. The second-order valence-electron chi connectivity index (χ2n) is 10.4. The Morgan fingerprint density at radius 2 is 1.59 bits per heavy atom. The predicted octanol–water partition coefficient (Wildman–Crippen LogP) is 6.78. The molecule has 1 fully saturated rings. The van der Waals surface area contributed by atoms with Crippen molar-refractivity contribution in [3.8, 4) is 11.1 Å². The molecule has 1 amide bonds. The van der Waals surface area contributed by atoms with Crippen molar-refractivity contribution in [2.45, 2.75) is 70.3 Å². The van der Waals surface area contributed by atoms with Gasteiger partial charge in [-0.15, -0.1) is 0 Å². The minimum absolute atomic E-state index is 0. The van der Waals surface area contributed by atoms with Crippen LogP contribution in [0.15, 0.2) is 66.7 Å². The summed E-state index contributed by atoms with van der Waals surface area (Å²) < 4.78 is 0. The van der Waals surface area contributed by atoms with E-state index in [9.17, 15) is 14.7 Å². The van der Waals surface area contributed by atoms with Gasteiger partial charge >= 0.3 is 24.8 Å². The van der Waals surface area contributed by atoms with Crippen molar-refractivity contribution in [2.75, 3.05) is 12.0 Å². The normalized spacial score (nSPS) is 14.3. The SMILES string of the molecule is CSCC[C@H](NC(=O)c1ccc(CCc2ccc(C3CCCCC3)cc2)cc1-c1ccccc1C)C(=O)O.[LiH]. The summed E-state index contributed by atoms with van der Waals surface area (Å²) in [5.41, 5.74) is 7.38. The van der Waals surface area contributed by atoms with Gasteiger partial charge in [0.25, 0.3) is 5.91 Å². The van der Waals surface area contributed by atoms with Crippen LogP contribution in [0.5, 0.6) is 0 Å². The summed E-state index contributed by atoms with van der Waals surface area (Å²) in [4.78, 5) is 25.0. The first-order valence-electron chi connectivity index (χ1n) is 13.8. The molecule has 1 aliphatic carbocycles. The van der Waals surface area contributed by atoms with Crippen LogP contribution in [0.1, 0.15) is 77.1 Å². The van der Waals surface area contributed by atoms with E-state index in [1.54, 1.807) is 11.8 Å². The maximum atomic E-state index is 13.3. The van der Waals surface area contributed by atoms with E-state index in [1.165, 1.54) is 43.2 Å². The number of carboxylic acid groups (broad SMARTS) is 1. The van der Waals surface area contributed by atoms with E-state index in [2.05, 4.69) is 35.6 Å². The molecule has 1 aliphatic rings. The number of aliphatic carboxylic acids is 1. The first-order chi connectivity index (χ1) is 18.5. The summed E-state index contributed by atoms with van der Waals surface area (Å²) in [6.45, 7) is 2.04. The average molecular weight is 538 g/mol. The average Bonchev–Trinajstić information content (AvgIpc) is 2.95. The van der Waals surface area contributed by atoms with Gasteiger partial charge in [-0.2, -0.15) is 11.8 Å². The molecular weight excluding hydrogens is 497 g/mol. The van der Waals surface area contributed by atoms with E-state index in [-0.39, 0.29) is 24.8 Å². The molecule has 3 aromatic carbocycles. The molecule has 202 valence electrons. The molecule has 0 aliphatic heterocycles. The van der Waals surface area contributed by atoms with Gasteiger partial charge in [0, 0.05) is 5.56 Å². The monoisotopic (exact) mass is 537 g/mol. The number of rotatable bonds is 11. The molecule has 4 rings (SSSR count). The fraction of sp³-hybridized carbons (Fsp3) is 0.394. The van der Waals surface area contributed by atoms with Gasteiger partial charge in [-0.25, -0.2) is 4.79 Å². The van der Waals surface area contributed by atoms with Crippen molar-refractivity contribution in [1.82, 2.24) is 5.32 Å². The van der Waals surface area contributed by atoms with Crippen molar-refractivity contribution in [2.24, 2.45) is 0 Å². The fourth-order valence-corrected chi connectivity index (χ4v) is 5.92. The molecule has 4 nitrogen and oxygen atoms in total. The molecule has 6 heteroatoms. The Morgan fingerprint density at radius 3 is 2.26 bits per heavy atom. The van der Waals surface area contributed by atoms with Gasteiger partial charge in [0.15, 0.2) is 0 Å². The number of amides is 1. The summed E-state index contributed by atoms with van der Waals surface area (Å²) in [7, 11) is 0. The summed E-state index contributed by atoms with van der Waals surface area (Å²) >= 11 is 1.57. The van der Waals surface area contributed by atoms with Crippen LogP contribution in [0.3, 0.4) is 0 Å². The van der Waals surface area contributed by atoms with Crippen molar-refractivity contribution in [3.63, 3.8) is 0 Å². The van der Waals surface area contributed by atoms with Gasteiger partial charge in [-0.05, 0) is 96.4 Å². The second kappa shape index (κ2) is 15.4. The van der Waals surface area contributed by atoms with Crippen LogP contribution >= 0.6 is 11.8 Å². The van der Waals surface area contributed by atoms with Crippen molar-refractivity contribution in [1.29, 1.82) is 0 Å². The van der Waals surface area contributed by atoms with Crippen LogP contribution < -0.4 is 5.32 Å². The number of benzene rings is 3. The van der Waals surface area contributed by atoms with Gasteiger partial charge < -0.3 is 10.4 Å². The van der Waals surface area contributed by atoms with E-state index in [4.69, 9.17) is 0 Å². The first kappa shape index (κ1) is 31.1. The third kappa shape index (κ3) is 8.51. The third-order valence-corrected chi connectivity index (χ3v) is 8.38. The number of hydrogen-bond acceptors (Lipinski definition) is 3. The Morgan fingerprint density at radius 1 is 0.923 bits per heavy atom. The zero-order chi connectivity index (χ0) is 26.9. The quantitative estimate of drug-likeness (QED) is 0.265. The molecule has 0 unspecified atom stereocenters. The molecule has 3 aromatic rings. The minimum atomic E-state index is -1.00. The number of thioether (sulfide) groups is 1. The van der Waals surface area contributed by atoms with E-state index in [0.717, 1.165) is 41.0 Å². The Labute approximate surface area is 249 Å². The van der Waals surface area contributed by atoms with Gasteiger partial charge in [0.2, 0.25) is 0 Å². The van der Waals surface area contributed by atoms with E-state index >= 15 is 0 Å². The van der Waals surface area contributed by atoms with Crippen molar-refractivity contribution in [3.05, 3.63) is 94.5 Å². The zero-order valence-electron chi connectivity index (χ0n) is 22.5. The Balaban J connectivity index is 0.00000420. The molecule has 1 saturated carbocycles. The summed E-state index contributed by atoms with van der Waals surface area (Å²) in [5, 5.41) is 12.4. The zero-order valence-corrected chi connectivity index (χ0v) is 23.4. The molecule has 1 atom stereocenters. The summed E-state index contributed by atoms with van der Waals surface area (Å²) in [6, 6.07) is 22.3. The van der Waals surface area contributed by atoms with Gasteiger partial charge in [-0.3, -0.25) is 4.79 Å². The standard InChI is InChI=1S/C33H39NO3S.Li.H/c1-23-8-6-7-11-28(23)30-22-25(16-19-29(30)32(35)34-31(33(36)37)20-21-38-2)13-12-24-14-17-27(18-15-24)26-9-4-3-5-10-26;;/h6-8,11,14-19,22,26,31H,3-5,9-10,12-13,20-21H2,1-2H3,(H,34,35)(H,36,37);;/t31-;;/m0../s1. The van der Waals surface area contributed by atoms with Crippen LogP contribution in [-0.2, 0) is 17.6 Å². The van der Waals surface area contributed by atoms with Crippen molar-refractivity contribution < 1.29 is 14.7 Å². The van der Waals surface area contributed by atoms with Crippen LogP contribution in [0, 0.1) is 6.92 Å². The molecule has 0 bridgehead atoms. The Bertz CT molecular complexity index is 1240. The molecule has 2 N–H and O–H groups in total. The Hall–Kier alpha value is -2.45. The molecule has 0 heterocycles. The number of carbonyl (C=O) groups is 2. The topological polar surface area (TPSA) is 66.4 Å². The number of hydrogen-bond donors (Lipinski definition) is 2. The molecule has 0 saturated heterocycles. The fourth-order valence-electron chi connectivity index (χ4n) is 5.45. The van der Waals surface area contributed by atoms with Crippen LogP contribution in [0.2, 0.25) is 0 Å². The second-order valence-corrected chi connectivity index (χ2v) is 11.4. The van der Waals surface area contributed by atoms with Gasteiger partial charge in [0.05, 0.1) is 0 Å². The van der Waals surface area contributed by atoms with E-state index in [1.807, 2.05) is 49.6 Å². The van der Waals surface area contributed by atoms with Gasteiger partial charge in [0.1, 0.15) is 6.04 Å². The van der Waals surface area contributed by atoms with Crippen molar-refractivity contribution >= 4 is 42.5 Å². The van der Waals surface area contributed by atoms with Crippen LogP contribution in [0.4, 0.5) is 0 Å². The number of carboxylic acids is 1. The Kier molecular flexibility index (Phi) is 12.2. The summed E-state index contributed by atoms with van der Waals surface area (Å²) in [5.74, 6) is 0.0369. The number of nitrogens with one attached hydrogen (secondary N) is 1. The summed E-state index contributed by atoms with van der Waals surface area (Å²) in [6.07, 6.45) is 10.8. The predicted molar refractivity (Wildman–Crippen MR) is 165 cm³/mol. The molecule has 0 radical (unpaired) electrons. The van der Waals surface area contributed by atoms with E-state index < -0.39 is 12.0 Å². The number of aryl methyl sites for hydroxylation is 3. The molecular formula is C33H40LiNO3S. The van der Waals surface area contributed by atoms with Crippen LogP contribution in [0.25, 0.3) is 11.1 Å². The van der Waals surface area contributed by atoms with Gasteiger partial charge in [-0.1, -0.05) is 79.9 Å². The number of carbonyl (C=O) groups excluding carboxylic acids is 1. The third-order valence-electron chi connectivity index (χ3n) is 7.74. The first-order valence-corrected chi connectivity index (χ1v) is 15.2.